The average Bonchev–Trinajstić information content (AvgIpc) is 3.36. The van der Waals surface area contributed by atoms with Gasteiger partial charge >= 0.3 is 11.7 Å². The third-order valence-corrected chi connectivity index (χ3v) is 6.24. The molecule has 3 aromatic rings. The van der Waals surface area contributed by atoms with E-state index in [1.165, 1.54) is 4.57 Å². The van der Waals surface area contributed by atoms with Crippen LogP contribution in [-0.4, -0.2) is 36.9 Å². The predicted octanol–water partition coefficient (Wildman–Crippen LogP) is 5.33. The van der Waals surface area contributed by atoms with Crippen molar-refractivity contribution >= 4 is 23.0 Å². The van der Waals surface area contributed by atoms with Crippen LogP contribution in [-0.2, 0) is 12.5 Å². The van der Waals surface area contributed by atoms with Crippen molar-refractivity contribution in [1.29, 1.82) is 0 Å². The fourth-order valence-corrected chi connectivity index (χ4v) is 4.11. The molecule has 0 fully saturated rings. The molecule has 1 aliphatic carbocycles. The minimum absolute atomic E-state index is 0.180. The monoisotopic (exact) mass is 547 g/mol. The van der Waals surface area contributed by atoms with E-state index in [2.05, 4.69) is 27.2 Å². The van der Waals surface area contributed by atoms with E-state index in [9.17, 15) is 14.0 Å². The second-order valence-electron chi connectivity index (χ2n) is 10.3. The number of aromatic nitrogens is 5. The van der Waals surface area contributed by atoms with Gasteiger partial charge in [-0.2, -0.15) is 5.10 Å². The molecule has 0 aliphatic heterocycles. The number of rotatable bonds is 8. The van der Waals surface area contributed by atoms with Crippen LogP contribution in [0.25, 0.3) is 11.2 Å². The lowest BCUT2D eigenvalue weighted by Crippen LogP contribution is -2.30. The zero-order valence-corrected chi connectivity index (χ0v) is 23.1. The molecule has 2 amide bonds. The van der Waals surface area contributed by atoms with Crippen molar-refractivity contribution in [2.75, 3.05) is 11.9 Å². The van der Waals surface area contributed by atoms with E-state index in [1.54, 1.807) is 60.4 Å². The molecule has 1 aliphatic rings. The first-order valence-corrected chi connectivity index (χ1v) is 12.9. The maximum Gasteiger partial charge on any atom is 0.327 e. The largest absolute Gasteiger partial charge is 0.455 e. The van der Waals surface area contributed by atoms with Crippen LogP contribution in [0.3, 0.4) is 0 Å². The number of fused-ring (bicyclic) bond motifs is 1. The molecule has 4 rings (SSSR count). The molecule has 0 aromatic carbocycles. The number of H-pyrrole nitrogens is 1. The maximum atomic E-state index is 13.8. The van der Waals surface area contributed by atoms with Crippen molar-refractivity contribution in [3.05, 3.63) is 95.2 Å². The van der Waals surface area contributed by atoms with E-state index >= 15 is 0 Å². The van der Waals surface area contributed by atoms with Gasteiger partial charge in [-0.25, -0.2) is 23.6 Å². The predicted molar refractivity (Wildman–Crippen MR) is 154 cm³/mol. The van der Waals surface area contributed by atoms with Gasteiger partial charge in [-0.1, -0.05) is 57.7 Å². The molecule has 3 aromatic heterocycles. The Hall–Kier alpha value is -4.67. The number of hydrogen-bond acceptors (Lipinski definition) is 5. The van der Waals surface area contributed by atoms with E-state index in [1.807, 2.05) is 32.9 Å². The zero-order valence-electron chi connectivity index (χ0n) is 23.1. The molecule has 1 unspecified atom stereocenters. The number of nitrogens with one attached hydrogen (secondary N) is 3. The van der Waals surface area contributed by atoms with Gasteiger partial charge in [-0.3, -0.25) is 14.9 Å². The van der Waals surface area contributed by atoms with Crippen molar-refractivity contribution in [1.82, 2.24) is 29.6 Å². The molecule has 0 bridgehead atoms. The van der Waals surface area contributed by atoms with Crippen molar-refractivity contribution in [2.45, 2.75) is 45.1 Å². The number of aromatic amines is 1. The Morgan fingerprint density at radius 2 is 2.17 bits per heavy atom. The van der Waals surface area contributed by atoms with Crippen LogP contribution in [0.5, 0.6) is 5.75 Å². The molecule has 3 heterocycles. The molecule has 0 saturated heterocycles. The summed E-state index contributed by atoms with van der Waals surface area (Å²) < 4.78 is 22.9. The molecule has 210 valence electrons. The van der Waals surface area contributed by atoms with E-state index < -0.39 is 6.03 Å². The van der Waals surface area contributed by atoms with Crippen LogP contribution < -0.4 is 21.1 Å². The number of nitrogens with zero attached hydrogens (tertiary/aromatic N) is 4. The third-order valence-electron chi connectivity index (χ3n) is 6.24. The van der Waals surface area contributed by atoms with Gasteiger partial charge in [0, 0.05) is 43.8 Å². The van der Waals surface area contributed by atoms with Crippen molar-refractivity contribution in [3.8, 4) is 5.75 Å². The lowest BCUT2D eigenvalue weighted by atomic mass is 9.92. The van der Waals surface area contributed by atoms with Gasteiger partial charge in [0.1, 0.15) is 17.1 Å². The summed E-state index contributed by atoms with van der Waals surface area (Å²) in [5.74, 6) is 1.23. The Labute approximate surface area is 231 Å². The van der Waals surface area contributed by atoms with Crippen LogP contribution in [0.4, 0.5) is 15.0 Å². The number of carbonyl (C=O) groups is 1. The average molecular weight is 548 g/mol. The van der Waals surface area contributed by atoms with Crippen LogP contribution in [0, 0.1) is 0 Å². The molecule has 40 heavy (non-hydrogen) atoms. The number of ether oxygens (including phenoxy) is 1. The highest BCUT2D eigenvalue weighted by Crippen LogP contribution is 2.30. The van der Waals surface area contributed by atoms with Crippen LogP contribution >= 0.6 is 0 Å². The molecule has 3 N–H and O–H groups in total. The maximum absolute atomic E-state index is 13.8. The molecule has 0 radical (unpaired) electrons. The first-order chi connectivity index (χ1) is 19.1. The molecule has 0 saturated carbocycles. The fourth-order valence-electron chi connectivity index (χ4n) is 4.11. The Morgan fingerprint density at radius 1 is 1.38 bits per heavy atom. The first kappa shape index (κ1) is 28.3. The van der Waals surface area contributed by atoms with Crippen LogP contribution in [0.15, 0.2) is 83.8 Å². The summed E-state index contributed by atoms with van der Waals surface area (Å²) in [5, 5.41) is 10.4. The smallest absolute Gasteiger partial charge is 0.327 e. The number of amides is 2. The molecule has 11 heteroatoms. The van der Waals surface area contributed by atoms with Gasteiger partial charge in [0.15, 0.2) is 11.4 Å². The number of carbonyl (C=O) groups excluding carboxylic acids is 1. The highest BCUT2D eigenvalue weighted by molar-refractivity contribution is 5.88. The number of hydrogen-bond donors (Lipinski definition) is 3. The van der Waals surface area contributed by atoms with Crippen molar-refractivity contribution in [2.24, 2.45) is 7.05 Å². The van der Waals surface area contributed by atoms with Gasteiger partial charge in [-0.05, 0) is 18.6 Å². The Bertz CT molecular complexity index is 1580. The molecular formula is C29H34FN7O3. The number of halogens is 1. The number of urea groups is 1. The minimum atomic E-state index is -0.418. The van der Waals surface area contributed by atoms with Gasteiger partial charge < -0.3 is 10.1 Å². The van der Waals surface area contributed by atoms with Gasteiger partial charge in [0.25, 0.3) is 0 Å². The quantitative estimate of drug-likeness (QED) is 0.200. The topological polar surface area (TPSA) is 119 Å². The van der Waals surface area contributed by atoms with Crippen LogP contribution in [0.1, 0.15) is 45.3 Å². The SMILES string of the molecule is C=C/C=C(\C=C/CNC(=O)Nc1cc(C(C)(C)C)nn1C1C=CCC(F)=CC1)Oc1ccnc2[nH]c(=O)n(C)c12. The number of anilines is 1. The standard InChI is InChI=1S/C29H34FN7O3/c1-6-9-21(40-22-15-17-31-26-25(22)36(5)28(39)34-26)12-8-16-32-27(38)33-24-18-23(29(2,3)4)35-37(24)20-11-7-10-19(30)13-14-20/h6-9,11-13,15,17-18,20H,1,10,14,16H2,2-5H3,(H,31,34,39)(H2,32,33,38)/b12-8-,21-9+. The summed E-state index contributed by atoms with van der Waals surface area (Å²) in [6, 6.07) is 2.87. The summed E-state index contributed by atoms with van der Waals surface area (Å²) >= 11 is 0. The highest BCUT2D eigenvalue weighted by Gasteiger charge is 2.24. The van der Waals surface area contributed by atoms with Gasteiger partial charge in [0.05, 0.1) is 17.6 Å². The highest BCUT2D eigenvalue weighted by atomic mass is 19.1. The Morgan fingerprint density at radius 3 is 2.92 bits per heavy atom. The summed E-state index contributed by atoms with van der Waals surface area (Å²) in [6.07, 6.45) is 14.1. The van der Waals surface area contributed by atoms with E-state index in [0.29, 0.717) is 34.9 Å². The summed E-state index contributed by atoms with van der Waals surface area (Å²) in [6.45, 7) is 10.1. The van der Waals surface area contributed by atoms with E-state index in [4.69, 9.17) is 9.84 Å². The lowest BCUT2D eigenvalue weighted by Gasteiger charge is -2.16. The fraction of sp³-hybridized carbons (Fsp3) is 0.310. The summed E-state index contributed by atoms with van der Waals surface area (Å²) in [4.78, 5) is 31.6. The van der Waals surface area contributed by atoms with Gasteiger partial charge in [-0.15, -0.1) is 0 Å². The van der Waals surface area contributed by atoms with E-state index in [0.717, 1.165) is 5.69 Å². The second kappa shape index (κ2) is 12.0. The first-order valence-electron chi connectivity index (χ1n) is 12.9. The molecular weight excluding hydrogens is 513 g/mol. The molecule has 1 atom stereocenters. The number of allylic oxidation sites excluding steroid dienone is 7. The molecule has 10 nitrogen and oxygen atoms in total. The normalized spacial score (nSPS) is 16.2. The number of pyridine rings is 1. The third kappa shape index (κ3) is 6.66. The summed E-state index contributed by atoms with van der Waals surface area (Å²) in [5.41, 5.74) is 1.22. The number of aryl methyl sites for hydroxylation is 1. The minimum Gasteiger partial charge on any atom is -0.455 e. The van der Waals surface area contributed by atoms with Gasteiger partial charge in [0.2, 0.25) is 0 Å². The zero-order chi connectivity index (χ0) is 28.9. The second-order valence-corrected chi connectivity index (χ2v) is 10.3. The van der Waals surface area contributed by atoms with Crippen LogP contribution in [0.2, 0.25) is 0 Å². The number of imidazole rings is 1. The molecule has 0 spiro atoms. The van der Waals surface area contributed by atoms with E-state index in [-0.39, 0.29) is 35.9 Å². The van der Waals surface area contributed by atoms with Crippen molar-refractivity contribution in [3.63, 3.8) is 0 Å². The summed E-state index contributed by atoms with van der Waals surface area (Å²) in [7, 11) is 1.63. The lowest BCUT2D eigenvalue weighted by molar-refractivity contribution is 0.252. The van der Waals surface area contributed by atoms with Crippen molar-refractivity contribution < 1.29 is 13.9 Å². The Balaban J connectivity index is 1.43. The Kier molecular flexibility index (Phi) is 8.52.